The van der Waals surface area contributed by atoms with Crippen molar-refractivity contribution in [2.24, 2.45) is 0 Å². The van der Waals surface area contributed by atoms with Crippen LogP contribution in [0.25, 0.3) is 10.3 Å². The first-order chi connectivity index (χ1) is 5.79. The third kappa shape index (κ3) is 1.06. The third-order valence-electron chi connectivity index (χ3n) is 1.63. The van der Waals surface area contributed by atoms with Crippen molar-refractivity contribution < 1.29 is 0 Å². The predicted octanol–water partition coefficient (Wildman–Crippen LogP) is 1.60. The molecule has 4 nitrogen and oxygen atoms in total. The summed E-state index contributed by atoms with van der Waals surface area (Å²) in [5.41, 5.74) is 1.74. The topological polar surface area (TPSA) is 51.6 Å². The summed E-state index contributed by atoms with van der Waals surface area (Å²) in [7, 11) is 0. The van der Waals surface area contributed by atoms with Crippen molar-refractivity contribution in [2.45, 2.75) is 19.8 Å². The third-order valence-corrected chi connectivity index (χ3v) is 2.36. The first-order valence-corrected chi connectivity index (χ1v) is 4.49. The average molecular weight is 180 g/mol. The van der Waals surface area contributed by atoms with Gasteiger partial charge in [0.15, 0.2) is 5.65 Å². The van der Waals surface area contributed by atoms with E-state index >= 15 is 0 Å². The molecule has 2 heterocycles. The molecule has 0 atom stereocenters. The van der Waals surface area contributed by atoms with Crippen LogP contribution in [0, 0.1) is 0 Å². The first-order valence-electron chi connectivity index (χ1n) is 3.72. The van der Waals surface area contributed by atoms with Gasteiger partial charge in [-0.05, 0) is 17.5 Å². The van der Waals surface area contributed by atoms with Crippen molar-refractivity contribution in [3.8, 4) is 0 Å². The molecule has 2 rings (SSSR count). The number of hydrogen-bond acceptors (Lipinski definition) is 5. The minimum Gasteiger partial charge on any atom is -0.239 e. The molecular weight excluding hydrogens is 172 g/mol. The van der Waals surface area contributed by atoms with Crippen LogP contribution in [-0.4, -0.2) is 19.6 Å². The average Bonchev–Trinajstić information content (AvgIpc) is 2.49. The Morgan fingerprint density at radius 3 is 2.92 bits per heavy atom. The molecule has 0 aliphatic carbocycles. The van der Waals surface area contributed by atoms with E-state index in [2.05, 4.69) is 33.4 Å². The summed E-state index contributed by atoms with van der Waals surface area (Å²) >= 11 is 1.36. The van der Waals surface area contributed by atoms with Crippen LogP contribution >= 0.6 is 11.5 Å². The van der Waals surface area contributed by atoms with Gasteiger partial charge in [0, 0.05) is 0 Å². The standard InChI is InChI=1S/C7H8N4S/c1-4(2)5-6-7(9-3-8-5)10-11-12-6/h3-4H,1-2H3. The zero-order chi connectivity index (χ0) is 8.55. The lowest BCUT2D eigenvalue weighted by atomic mass is 10.1. The van der Waals surface area contributed by atoms with Crippen LogP contribution in [0.1, 0.15) is 25.5 Å². The molecule has 0 aromatic carbocycles. The highest BCUT2D eigenvalue weighted by Gasteiger charge is 2.09. The summed E-state index contributed by atoms with van der Waals surface area (Å²) < 4.78 is 4.84. The SMILES string of the molecule is CC(C)c1ncnc2nnsc12. The Morgan fingerprint density at radius 1 is 1.33 bits per heavy atom. The highest BCUT2D eigenvalue weighted by molar-refractivity contribution is 7.13. The van der Waals surface area contributed by atoms with Crippen molar-refractivity contribution >= 4 is 21.9 Å². The Balaban J connectivity index is 2.73. The van der Waals surface area contributed by atoms with Crippen LogP contribution in [-0.2, 0) is 0 Å². The molecule has 62 valence electrons. The highest BCUT2D eigenvalue weighted by atomic mass is 32.1. The summed E-state index contributed by atoms with van der Waals surface area (Å²) in [6.07, 6.45) is 1.54. The number of aromatic nitrogens is 4. The predicted molar refractivity (Wildman–Crippen MR) is 47.1 cm³/mol. The Labute approximate surface area is 73.8 Å². The summed E-state index contributed by atoms with van der Waals surface area (Å²) in [5, 5.41) is 3.88. The van der Waals surface area contributed by atoms with Crippen LogP contribution in [0.3, 0.4) is 0 Å². The highest BCUT2D eigenvalue weighted by Crippen LogP contribution is 2.22. The maximum absolute atomic E-state index is 4.20. The van der Waals surface area contributed by atoms with Crippen molar-refractivity contribution in [3.05, 3.63) is 12.0 Å². The summed E-state index contributed by atoms with van der Waals surface area (Å²) in [4.78, 5) is 8.21. The van der Waals surface area contributed by atoms with Crippen LogP contribution in [0.4, 0.5) is 0 Å². The van der Waals surface area contributed by atoms with E-state index in [-0.39, 0.29) is 0 Å². The Bertz CT molecular complexity index is 395. The molecule has 0 N–H and O–H groups in total. The monoisotopic (exact) mass is 180 g/mol. The maximum Gasteiger partial charge on any atom is 0.197 e. The van der Waals surface area contributed by atoms with E-state index in [1.165, 1.54) is 11.5 Å². The number of fused-ring (bicyclic) bond motifs is 1. The molecule has 0 fully saturated rings. The number of hydrogen-bond donors (Lipinski definition) is 0. The van der Waals surface area contributed by atoms with Gasteiger partial charge in [0.1, 0.15) is 11.0 Å². The molecule has 0 bridgehead atoms. The van der Waals surface area contributed by atoms with Crippen LogP contribution < -0.4 is 0 Å². The first kappa shape index (κ1) is 7.54. The molecule has 0 aliphatic rings. The van der Waals surface area contributed by atoms with E-state index in [4.69, 9.17) is 0 Å². The van der Waals surface area contributed by atoms with E-state index in [1.807, 2.05) is 0 Å². The van der Waals surface area contributed by atoms with Crippen molar-refractivity contribution in [1.82, 2.24) is 19.6 Å². The van der Waals surface area contributed by atoms with Gasteiger partial charge in [0.25, 0.3) is 0 Å². The molecule has 0 aliphatic heterocycles. The van der Waals surface area contributed by atoms with E-state index in [0.29, 0.717) is 11.6 Å². The van der Waals surface area contributed by atoms with E-state index in [1.54, 1.807) is 6.33 Å². The van der Waals surface area contributed by atoms with E-state index in [0.717, 1.165) is 10.4 Å². The molecular formula is C7H8N4S. The normalized spacial score (nSPS) is 11.2. The Morgan fingerprint density at radius 2 is 2.17 bits per heavy atom. The van der Waals surface area contributed by atoms with Crippen molar-refractivity contribution in [2.75, 3.05) is 0 Å². The molecule has 0 amide bonds. The van der Waals surface area contributed by atoms with Gasteiger partial charge in [-0.25, -0.2) is 9.97 Å². The second kappa shape index (κ2) is 2.75. The van der Waals surface area contributed by atoms with Crippen LogP contribution in [0.5, 0.6) is 0 Å². The maximum atomic E-state index is 4.20. The Hall–Kier alpha value is -1.10. The van der Waals surface area contributed by atoms with Gasteiger partial charge < -0.3 is 0 Å². The van der Waals surface area contributed by atoms with Gasteiger partial charge in [0.2, 0.25) is 0 Å². The Kier molecular flexibility index (Phi) is 1.73. The van der Waals surface area contributed by atoms with Gasteiger partial charge in [-0.15, -0.1) is 5.10 Å². The lowest BCUT2D eigenvalue weighted by molar-refractivity contribution is 0.830. The summed E-state index contributed by atoms with van der Waals surface area (Å²) in [6, 6.07) is 0. The van der Waals surface area contributed by atoms with Crippen molar-refractivity contribution in [1.29, 1.82) is 0 Å². The fourth-order valence-electron chi connectivity index (χ4n) is 1.05. The van der Waals surface area contributed by atoms with Crippen molar-refractivity contribution in [3.63, 3.8) is 0 Å². The molecule has 0 saturated carbocycles. The second-order valence-corrected chi connectivity index (χ2v) is 3.59. The zero-order valence-electron chi connectivity index (χ0n) is 6.85. The fraction of sp³-hybridized carbons (Fsp3) is 0.429. The number of rotatable bonds is 1. The number of nitrogens with zero attached hydrogens (tertiary/aromatic N) is 4. The smallest absolute Gasteiger partial charge is 0.197 e. The van der Waals surface area contributed by atoms with E-state index < -0.39 is 0 Å². The molecule has 0 radical (unpaired) electrons. The molecule has 0 spiro atoms. The molecule has 0 unspecified atom stereocenters. The van der Waals surface area contributed by atoms with Gasteiger partial charge in [-0.3, -0.25) is 0 Å². The minimum atomic E-state index is 0.401. The molecule has 2 aromatic rings. The van der Waals surface area contributed by atoms with Crippen LogP contribution in [0.2, 0.25) is 0 Å². The summed E-state index contributed by atoms with van der Waals surface area (Å²) in [5.74, 6) is 0.401. The van der Waals surface area contributed by atoms with Gasteiger partial charge in [-0.2, -0.15) is 0 Å². The molecule has 0 saturated heterocycles. The van der Waals surface area contributed by atoms with Gasteiger partial charge in [-0.1, -0.05) is 18.3 Å². The molecule has 5 heteroatoms. The van der Waals surface area contributed by atoms with Gasteiger partial charge in [0.05, 0.1) is 5.69 Å². The quantitative estimate of drug-likeness (QED) is 0.669. The fourth-order valence-corrected chi connectivity index (χ4v) is 1.80. The van der Waals surface area contributed by atoms with E-state index in [9.17, 15) is 0 Å². The minimum absolute atomic E-state index is 0.401. The zero-order valence-corrected chi connectivity index (χ0v) is 7.67. The molecule has 12 heavy (non-hydrogen) atoms. The van der Waals surface area contributed by atoms with Gasteiger partial charge >= 0.3 is 0 Å². The molecule has 2 aromatic heterocycles. The lowest BCUT2D eigenvalue weighted by Crippen LogP contribution is -1.93. The largest absolute Gasteiger partial charge is 0.239 e. The lowest BCUT2D eigenvalue weighted by Gasteiger charge is -2.01. The summed E-state index contributed by atoms with van der Waals surface area (Å²) in [6.45, 7) is 4.20. The second-order valence-electron chi connectivity index (χ2n) is 2.84. The van der Waals surface area contributed by atoms with Crippen LogP contribution in [0.15, 0.2) is 6.33 Å².